The summed E-state index contributed by atoms with van der Waals surface area (Å²) in [5.74, 6) is -0.0401. The smallest absolute Gasteiger partial charge is 0.274 e. The number of aromatic nitrogens is 2. The predicted molar refractivity (Wildman–Crippen MR) is 113 cm³/mol. The number of carbonyl (C=O) groups excluding carboxylic acids is 1. The van der Waals surface area contributed by atoms with Crippen LogP contribution in [0, 0.1) is 0 Å². The van der Waals surface area contributed by atoms with Gasteiger partial charge in [-0.1, -0.05) is 24.3 Å². The van der Waals surface area contributed by atoms with E-state index in [9.17, 15) is 4.79 Å². The highest BCUT2D eigenvalue weighted by Gasteiger charge is 2.24. The first-order valence-corrected chi connectivity index (χ1v) is 10.00. The maximum atomic E-state index is 12.5. The molecule has 1 amide bonds. The Morgan fingerprint density at radius 1 is 0.759 bits per heavy atom. The van der Waals surface area contributed by atoms with Gasteiger partial charge >= 0.3 is 0 Å². The van der Waals surface area contributed by atoms with Crippen LogP contribution in [-0.2, 0) is 13.1 Å². The van der Waals surface area contributed by atoms with Gasteiger partial charge in [0.1, 0.15) is 5.69 Å². The van der Waals surface area contributed by atoms with Gasteiger partial charge in [-0.3, -0.25) is 9.78 Å². The van der Waals surface area contributed by atoms with E-state index < -0.39 is 0 Å². The molecule has 29 heavy (non-hydrogen) atoms. The molecule has 2 aliphatic rings. The summed E-state index contributed by atoms with van der Waals surface area (Å²) in [7, 11) is 0. The van der Waals surface area contributed by atoms with E-state index in [1.807, 2.05) is 4.90 Å². The molecular weight excluding hydrogens is 362 g/mol. The summed E-state index contributed by atoms with van der Waals surface area (Å²) in [5.41, 5.74) is 5.70. The number of fused-ring (bicyclic) bond motifs is 1. The molecule has 2 aliphatic heterocycles. The van der Waals surface area contributed by atoms with Gasteiger partial charge in [-0.25, -0.2) is 4.98 Å². The normalized spacial score (nSPS) is 16.1. The molecule has 1 aromatic heterocycles. The highest BCUT2D eigenvalue weighted by atomic mass is 16.2. The molecule has 3 heterocycles. The number of nitrogens with zero attached hydrogens (tertiary/aromatic N) is 5. The molecule has 0 bridgehead atoms. The van der Waals surface area contributed by atoms with Gasteiger partial charge in [-0.05, 0) is 35.4 Å². The number of benzene rings is 2. The molecular formula is C23H23N5O. The molecule has 1 fully saturated rings. The molecule has 3 aromatic rings. The first-order valence-electron chi connectivity index (χ1n) is 10.00. The van der Waals surface area contributed by atoms with Crippen LogP contribution in [0.2, 0.25) is 0 Å². The summed E-state index contributed by atoms with van der Waals surface area (Å²) in [6.45, 7) is 4.97. The van der Waals surface area contributed by atoms with E-state index in [-0.39, 0.29) is 5.91 Å². The van der Waals surface area contributed by atoms with Gasteiger partial charge in [0.25, 0.3) is 5.91 Å². The number of piperazine rings is 1. The van der Waals surface area contributed by atoms with E-state index in [2.05, 4.69) is 68.3 Å². The van der Waals surface area contributed by atoms with Crippen molar-refractivity contribution >= 4 is 17.3 Å². The van der Waals surface area contributed by atoms with Crippen molar-refractivity contribution in [3.05, 3.63) is 83.9 Å². The van der Waals surface area contributed by atoms with Crippen molar-refractivity contribution in [3.63, 3.8) is 0 Å². The maximum absolute atomic E-state index is 12.5. The fourth-order valence-corrected chi connectivity index (χ4v) is 4.13. The van der Waals surface area contributed by atoms with E-state index in [4.69, 9.17) is 0 Å². The molecule has 0 atom stereocenters. The van der Waals surface area contributed by atoms with Crippen LogP contribution < -0.4 is 9.80 Å². The Morgan fingerprint density at radius 2 is 1.38 bits per heavy atom. The third-order valence-electron chi connectivity index (χ3n) is 5.77. The van der Waals surface area contributed by atoms with Crippen molar-refractivity contribution in [2.45, 2.75) is 13.1 Å². The number of hydrogen-bond acceptors (Lipinski definition) is 5. The van der Waals surface area contributed by atoms with Crippen LogP contribution in [0.25, 0.3) is 0 Å². The lowest BCUT2D eigenvalue weighted by molar-refractivity contribution is 0.0740. The van der Waals surface area contributed by atoms with Crippen LogP contribution in [0.1, 0.15) is 21.6 Å². The minimum Gasteiger partial charge on any atom is -0.368 e. The van der Waals surface area contributed by atoms with Gasteiger partial charge in [0.2, 0.25) is 0 Å². The number of anilines is 2. The van der Waals surface area contributed by atoms with Crippen LogP contribution in [0.4, 0.5) is 11.4 Å². The van der Waals surface area contributed by atoms with Crippen LogP contribution in [0.3, 0.4) is 0 Å². The monoisotopic (exact) mass is 385 g/mol. The summed E-state index contributed by atoms with van der Waals surface area (Å²) in [6, 6.07) is 17.4. The molecule has 0 aliphatic carbocycles. The SMILES string of the molecule is O=C(c1cnccn1)N1CCN(c2ccc(N3Cc4ccccc4C3)cc2)CC1. The fourth-order valence-electron chi connectivity index (χ4n) is 4.13. The zero-order valence-corrected chi connectivity index (χ0v) is 16.2. The second-order valence-electron chi connectivity index (χ2n) is 7.51. The maximum Gasteiger partial charge on any atom is 0.274 e. The van der Waals surface area contributed by atoms with E-state index in [0.717, 1.165) is 26.2 Å². The minimum absolute atomic E-state index is 0.0401. The molecule has 0 saturated carbocycles. The van der Waals surface area contributed by atoms with E-state index in [1.54, 1.807) is 12.4 Å². The lowest BCUT2D eigenvalue weighted by Gasteiger charge is -2.36. The average Bonchev–Trinajstić information content (AvgIpc) is 3.24. The standard InChI is InChI=1S/C23H23N5O/c29-23(22-15-24-9-10-25-22)27-13-11-26(12-14-27)20-5-7-21(8-6-20)28-16-18-3-1-2-4-19(18)17-28/h1-10,15H,11-14,16-17H2. The van der Waals surface area contributed by atoms with Gasteiger partial charge in [0.15, 0.2) is 0 Å². The number of carbonyl (C=O) groups is 1. The Kier molecular flexibility index (Phi) is 4.60. The van der Waals surface area contributed by atoms with Gasteiger partial charge in [-0.2, -0.15) is 0 Å². The summed E-state index contributed by atoms with van der Waals surface area (Å²) < 4.78 is 0. The third kappa shape index (κ3) is 3.53. The second kappa shape index (κ2) is 7.54. The highest BCUT2D eigenvalue weighted by Crippen LogP contribution is 2.29. The highest BCUT2D eigenvalue weighted by molar-refractivity contribution is 5.92. The summed E-state index contributed by atoms with van der Waals surface area (Å²) >= 11 is 0. The Hall–Kier alpha value is -3.41. The van der Waals surface area contributed by atoms with Gasteiger partial charge in [-0.15, -0.1) is 0 Å². The van der Waals surface area contributed by atoms with Crippen molar-refractivity contribution in [1.82, 2.24) is 14.9 Å². The first-order chi connectivity index (χ1) is 14.3. The fraction of sp³-hybridized carbons (Fsp3) is 0.261. The van der Waals surface area contributed by atoms with Crippen molar-refractivity contribution < 1.29 is 4.79 Å². The van der Waals surface area contributed by atoms with Crippen molar-refractivity contribution in [2.75, 3.05) is 36.0 Å². The summed E-state index contributed by atoms with van der Waals surface area (Å²) in [5, 5.41) is 0. The molecule has 1 saturated heterocycles. The number of amides is 1. The molecule has 6 heteroatoms. The van der Waals surface area contributed by atoms with Crippen LogP contribution in [0.5, 0.6) is 0 Å². The largest absolute Gasteiger partial charge is 0.368 e. The zero-order chi connectivity index (χ0) is 19.6. The van der Waals surface area contributed by atoms with Gasteiger partial charge in [0, 0.05) is 63.0 Å². The second-order valence-corrected chi connectivity index (χ2v) is 7.51. The topological polar surface area (TPSA) is 52.6 Å². The van der Waals surface area contributed by atoms with Gasteiger partial charge in [0.05, 0.1) is 6.20 Å². The number of rotatable bonds is 3. The molecule has 146 valence electrons. The molecule has 2 aromatic carbocycles. The van der Waals surface area contributed by atoms with E-state index in [0.29, 0.717) is 18.8 Å². The zero-order valence-electron chi connectivity index (χ0n) is 16.2. The summed E-state index contributed by atoms with van der Waals surface area (Å²) in [4.78, 5) is 27.2. The quantitative estimate of drug-likeness (QED) is 0.694. The minimum atomic E-state index is -0.0401. The van der Waals surface area contributed by atoms with Crippen LogP contribution >= 0.6 is 0 Å². The number of hydrogen-bond donors (Lipinski definition) is 0. The molecule has 0 spiro atoms. The van der Waals surface area contributed by atoms with Crippen molar-refractivity contribution in [3.8, 4) is 0 Å². The molecule has 0 N–H and O–H groups in total. The van der Waals surface area contributed by atoms with Crippen LogP contribution in [0.15, 0.2) is 67.1 Å². The molecule has 0 unspecified atom stereocenters. The predicted octanol–water partition coefficient (Wildman–Crippen LogP) is 2.96. The average molecular weight is 385 g/mol. The van der Waals surface area contributed by atoms with Crippen molar-refractivity contribution in [2.24, 2.45) is 0 Å². The van der Waals surface area contributed by atoms with Crippen molar-refractivity contribution in [1.29, 1.82) is 0 Å². The van der Waals surface area contributed by atoms with E-state index in [1.165, 1.54) is 28.7 Å². The Balaban J connectivity index is 1.20. The molecule has 6 nitrogen and oxygen atoms in total. The molecule has 0 radical (unpaired) electrons. The lowest BCUT2D eigenvalue weighted by Crippen LogP contribution is -2.49. The van der Waals surface area contributed by atoms with E-state index >= 15 is 0 Å². The van der Waals surface area contributed by atoms with Crippen LogP contribution in [-0.4, -0.2) is 47.0 Å². The first kappa shape index (κ1) is 17.7. The summed E-state index contributed by atoms with van der Waals surface area (Å²) in [6.07, 6.45) is 4.67. The Bertz CT molecular complexity index is 972. The lowest BCUT2D eigenvalue weighted by atomic mass is 10.1. The third-order valence-corrected chi connectivity index (χ3v) is 5.77. The van der Waals surface area contributed by atoms with Gasteiger partial charge < -0.3 is 14.7 Å². The molecule has 5 rings (SSSR count). The Labute approximate surface area is 170 Å². The Morgan fingerprint density at radius 3 is 1.97 bits per heavy atom.